The summed E-state index contributed by atoms with van der Waals surface area (Å²) in [5.41, 5.74) is 3.57. The Morgan fingerprint density at radius 1 is 1.29 bits per heavy atom. The average Bonchev–Trinajstić information content (AvgIpc) is 2.68. The molecule has 0 spiro atoms. The van der Waals surface area contributed by atoms with Crippen LogP contribution >= 0.6 is 11.6 Å². The minimum absolute atomic E-state index is 0.199. The van der Waals surface area contributed by atoms with Gasteiger partial charge in [0.25, 0.3) is 5.91 Å². The van der Waals surface area contributed by atoms with Gasteiger partial charge in [0.2, 0.25) is 0 Å². The fourth-order valence-corrected chi connectivity index (χ4v) is 2.94. The molecular formula is C21H25ClN2O4. The van der Waals surface area contributed by atoms with E-state index in [0.29, 0.717) is 28.7 Å². The molecule has 6 nitrogen and oxygen atoms in total. The first-order valence-electron chi connectivity index (χ1n) is 9.04. The first-order valence-corrected chi connectivity index (χ1v) is 9.41. The molecule has 0 aliphatic rings. The highest BCUT2D eigenvalue weighted by Crippen LogP contribution is 2.36. The summed E-state index contributed by atoms with van der Waals surface area (Å²) in [6.45, 7) is 6.14. The van der Waals surface area contributed by atoms with Gasteiger partial charge in [0.15, 0.2) is 18.1 Å². The molecule has 0 unspecified atom stereocenters. The van der Waals surface area contributed by atoms with E-state index in [1.54, 1.807) is 12.1 Å². The van der Waals surface area contributed by atoms with E-state index >= 15 is 0 Å². The normalized spacial score (nSPS) is 10.8. The molecule has 2 rings (SSSR count). The molecular weight excluding hydrogens is 380 g/mol. The van der Waals surface area contributed by atoms with Crippen LogP contribution in [0.1, 0.15) is 30.5 Å². The molecule has 0 radical (unpaired) electrons. The lowest BCUT2D eigenvalue weighted by Crippen LogP contribution is -2.18. The van der Waals surface area contributed by atoms with Crippen LogP contribution in [0.25, 0.3) is 0 Å². The van der Waals surface area contributed by atoms with Gasteiger partial charge in [-0.3, -0.25) is 4.79 Å². The molecule has 0 aliphatic carbocycles. The van der Waals surface area contributed by atoms with E-state index in [1.165, 1.54) is 13.3 Å². The lowest BCUT2D eigenvalue weighted by Gasteiger charge is -2.12. The summed E-state index contributed by atoms with van der Waals surface area (Å²) in [4.78, 5) is 17.3. The van der Waals surface area contributed by atoms with E-state index in [1.807, 2.05) is 39.0 Å². The van der Waals surface area contributed by atoms with Crippen molar-refractivity contribution in [1.82, 2.24) is 0 Å². The van der Waals surface area contributed by atoms with Gasteiger partial charge in [-0.15, -0.1) is 0 Å². The van der Waals surface area contributed by atoms with Crippen LogP contribution in [0, 0.1) is 6.92 Å². The van der Waals surface area contributed by atoms with Crippen LogP contribution in [0.5, 0.6) is 11.5 Å². The molecule has 0 fully saturated rings. The second-order valence-corrected chi connectivity index (χ2v) is 6.39. The molecule has 0 bridgehead atoms. The van der Waals surface area contributed by atoms with Gasteiger partial charge in [-0.1, -0.05) is 41.9 Å². The third kappa shape index (κ3) is 5.63. The van der Waals surface area contributed by atoms with Crippen LogP contribution in [0.2, 0.25) is 5.02 Å². The van der Waals surface area contributed by atoms with Gasteiger partial charge in [0.1, 0.15) is 0 Å². The number of amides is 1. The highest BCUT2D eigenvalue weighted by Gasteiger charge is 2.11. The van der Waals surface area contributed by atoms with Crippen molar-refractivity contribution < 1.29 is 19.1 Å². The Kier molecular flexibility index (Phi) is 8.14. The fraction of sp³-hybridized carbons (Fsp3) is 0.333. The van der Waals surface area contributed by atoms with Crippen molar-refractivity contribution >= 4 is 29.4 Å². The number of oxime groups is 1. The molecule has 2 aromatic rings. The minimum atomic E-state index is -0.275. The standard InChI is InChI=1S/C21H25ClN2O4/c1-5-16-9-7-8-14(3)20(16)24-19(25)13-28-23-12-15-10-17(22)21(27-6-2)18(11-15)26-4/h7-12H,5-6,13H2,1-4H3,(H,24,25)/b23-12-. The van der Waals surface area contributed by atoms with Crippen molar-refractivity contribution in [1.29, 1.82) is 0 Å². The van der Waals surface area contributed by atoms with Gasteiger partial charge in [0.05, 0.1) is 25.0 Å². The monoisotopic (exact) mass is 404 g/mol. The second kappa shape index (κ2) is 10.6. The molecule has 2 aromatic carbocycles. The van der Waals surface area contributed by atoms with Gasteiger partial charge in [0, 0.05) is 11.3 Å². The Labute approximate surface area is 170 Å². The summed E-state index contributed by atoms with van der Waals surface area (Å²) < 4.78 is 10.8. The molecule has 0 heterocycles. The van der Waals surface area contributed by atoms with Gasteiger partial charge >= 0.3 is 0 Å². The van der Waals surface area contributed by atoms with E-state index in [0.717, 1.165) is 23.2 Å². The van der Waals surface area contributed by atoms with Crippen molar-refractivity contribution in [3.8, 4) is 11.5 Å². The second-order valence-electron chi connectivity index (χ2n) is 5.99. The summed E-state index contributed by atoms with van der Waals surface area (Å²) in [5.74, 6) is 0.706. The van der Waals surface area contributed by atoms with Crippen molar-refractivity contribution in [2.75, 3.05) is 25.6 Å². The maximum absolute atomic E-state index is 12.1. The lowest BCUT2D eigenvalue weighted by atomic mass is 10.1. The number of rotatable bonds is 9. The lowest BCUT2D eigenvalue weighted by molar-refractivity contribution is -0.120. The maximum atomic E-state index is 12.1. The third-order valence-electron chi connectivity index (χ3n) is 4.02. The molecule has 7 heteroatoms. The van der Waals surface area contributed by atoms with Gasteiger partial charge < -0.3 is 19.6 Å². The Balaban J connectivity index is 1.97. The topological polar surface area (TPSA) is 69.2 Å². The van der Waals surface area contributed by atoms with Crippen LogP contribution in [0.15, 0.2) is 35.5 Å². The molecule has 0 aliphatic heterocycles. The average molecular weight is 405 g/mol. The number of aryl methyl sites for hydroxylation is 2. The van der Waals surface area contributed by atoms with E-state index < -0.39 is 0 Å². The summed E-state index contributed by atoms with van der Waals surface area (Å²) in [7, 11) is 1.53. The molecule has 0 saturated carbocycles. The quantitative estimate of drug-likeness (QED) is 0.489. The molecule has 0 atom stereocenters. The zero-order valence-corrected chi connectivity index (χ0v) is 17.3. The number of nitrogens with one attached hydrogen (secondary N) is 1. The van der Waals surface area contributed by atoms with Crippen LogP contribution in [0.3, 0.4) is 0 Å². The Hall–Kier alpha value is -2.73. The first-order chi connectivity index (χ1) is 13.5. The van der Waals surface area contributed by atoms with Crippen LogP contribution < -0.4 is 14.8 Å². The number of halogens is 1. The predicted octanol–water partition coefficient (Wildman–Crippen LogP) is 4.61. The molecule has 28 heavy (non-hydrogen) atoms. The molecule has 150 valence electrons. The third-order valence-corrected chi connectivity index (χ3v) is 4.30. The summed E-state index contributed by atoms with van der Waals surface area (Å²) in [6, 6.07) is 9.33. The van der Waals surface area contributed by atoms with Crippen LogP contribution in [-0.4, -0.2) is 32.4 Å². The van der Waals surface area contributed by atoms with E-state index in [-0.39, 0.29) is 12.5 Å². The van der Waals surface area contributed by atoms with Gasteiger partial charge in [-0.25, -0.2) is 0 Å². The van der Waals surface area contributed by atoms with Crippen LogP contribution in [0.4, 0.5) is 5.69 Å². The zero-order chi connectivity index (χ0) is 20.5. The largest absolute Gasteiger partial charge is 0.493 e. The number of para-hydroxylation sites is 1. The number of nitrogens with zero attached hydrogens (tertiary/aromatic N) is 1. The fourth-order valence-electron chi connectivity index (χ4n) is 2.67. The Bertz CT molecular complexity index is 853. The van der Waals surface area contributed by atoms with Gasteiger partial charge in [-0.05, 0) is 43.5 Å². The highest BCUT2D eigenvalue weighted by atomic mass is 35.5. The first kappa shape index (κ1) is 21.6. The number of benzene rings is 2. The van der Waals surface area contributed by atoms with Crippen molar-refractivity contribution in [3.05, 3.63) is 52.0 Å². The summed E-state index contributed by atoms with van der Waals surface area (Å²) in [6.07, 6.45) is 2.29. The number of ether oxygens (including phenoxy) is 2. The van der Waals surface area contributed by atoms with Crippen molar-refractivity contribution in [2.45, 2.75) is 27.2 Å². The smallest absolute Gasteiger partial charge is 0.265 e. The highest BCUT2D eigenvalue weighted by molar-refractivity contribution is 6.32. The minimum Gasteiger partial charge on any atom is -0.493 e. The Morgan fingerprint density at radius 2 is 2.07 bits per heavy atom. The van der Waals surface area contributed by atoms with E-state index in [2.05, 4.69) is 10.5 Å². The zero-order valence-electron chi connectivity index (χ0n) is 16.5. The molecule has 0 aromatic heterocycles. The van der Waals surface area contributed by atoms with E-state index in [9.17, 15) is 4.79 Å². The SMILES string of the molecule is CCOc1c(Cl)cc(/C=N\OCC(=O)Nc2c(C)cccc2CC)cc1OC. The molecule has 0 saturated heterocycles. The summed E-state index contributed by atoms with van der Waals surface area (Å²) >= 11 is 6.22. The van der Waals surface area contributed by atoms with Crippen molar-refractivity contribution in [3.63, 3.8) is 0 Å². The summed E-state index contributed by atoms with van der Waals surface area (Å²) in [5, 5.41) is 7.13. The number of hydrogen-bond acceptors (Lipinski definition) is 5. The van der Waals surface area contributed by atoms with Crippen molar-refractivity contribution in [2.24, 2.45) is 5.16 Å². The number of hydrogen-bond donors (Lipinski definition) is 1. The molecule has 1 N–H and O–H groups in total. The number of methoxy groups -OCH3 is 1. The maximum Gasteiger partial charge on any atom is 0.265 e. The number of carbonyl (C=O) groups is 1. The van der Waals surface area contributed by atoms with Crippen LogP contribution in [-0.2, 0) is 16.1 Å². The van der Waals surface area contributed by atoms with Gasteiger partial charge in [-0.2, -0.15) is 0 Å². The number of carbonyl (C=O) groups excluding carboxylic acids is 1. The Morgan fingerprint density at radius 3 is 2.75 bits per heavy atom. The number of anilines is 1. The predicted molar refractivity (Wildman–Crippen MR) is 112 cm³/mol. The molecule has 1 amide bonds. The van der Waals surface area contributed by atoms with E-state index in [4.69, 9.17) is 25.9 Å².